The van der Waals surface area contributed by atoms with Crippen LogP contribution in [0.5, 0.6) is 0 Å². The van der Waals surface area contributed by atoms with Gasteiger partial charge in [-0.3, -0.25) is 19.7 Å². The topological polar surface area (TPSA) is 82.5 Å². The molecule has 1 atom stereocenters. The van der Waals surface area contributed by atoms with Crippen LogP contribution in [0.2, 0.25) is 0 Å². The molecule has 1 saturated heterocycles. The zero-order chi connectivity index (χ0) is 16.9. The molecule has 1 aliphatic rings. The van der Waals surface area contributed by atoms with Crippen LogP contribution >= 0.6 is 11.3 Å². The van der Waals surface area contributed by atoms with Crippen molar-refractivity contribution in [2.45, 2.75) is 19.4 Å². The Morgan fingerprint density at radius 1 is 1.25 bits per heavy atom. The van der Waals surface area contributed by atoms with Crippen LogP contribution in [0.15, 0.2) is 24.8 Å². The van der Waals surface area contributed by atoms with Gasteiger partial charge in [-0.1, -0.05) is 6.92 Å². The Morgan fingerprint density at radius 3 is 2.71 bits per heavy atom. The molecule has 0 saturated carbocycles. The lowest BCUT2D eigenvalue weighted by atomic mass is 10.2. The zero-order valence-corrected chi connectivity index (χ0v) is 14.4. The number of hydrogen-bond donors (Lipinski definition) is 1. The van der Waals surface area contributed by atoms with Crippen molar-refractivity contribution in [1.82, 2.24) is 24.8 Å². The summed E-state index contributed by atoms with van der Waals surface area (Å²) in [6.07, 6.45) is 6.95. The van der Waals surface area contributed by atoms with Gasteiger partial charge in [0.2, 0.25) is 0 Å². The summed E-state index contributed by atoms with van der Waals surface area (Å²) in [4.78, 5) is 29.8. The Balaban J connectivity index is 1.59. The number of thiazole rings is 1. The Labute approximate surface area is 145 Å². The van der Waals surface area contributed by atoms with E-state index < -0.39 is 0 Å². The van der Waals surface area contributed by atoms with E-state index in [0.29, 0.717) is 35.2 Å². The van der Waals surface area contributed by atoms with Crippen LogP contribution in [-0.4, -0.2) is 74.6 Å². The molecule has 3 rings (SSSR count). The largest absolute Gasteiger partial charge is 0.392 e. The number of nitrogens with zero attached hydrogens (tertiary/aromatic N) is 5. The highest BCUT2D eigenvalue weighted by atomic mass is 32.1. The predicted molar refractivity (Wildman–Crippen MR) is 91.8 cm³/mol. The highest BCUT2D eigenvalue weighted by molar-refractivity contribution is 7.16. The first-order chi connectivity index (χ1) is 11.7. The number of carbonyl (C=O) groups is 1. The third-order valence-electron chi connectivity index (χ3n) is 4.10. The molecule has 1 N–H and O–H groups in total. The number of rotatable bonds is 5. The van der Waals surface area contributed by atoms with Crippen LogP contribution in [-0.2, 0) is 0 Å². The Kier molecular flexibility index (Phi) is 5.49. The molecule has 2 aromatic rings. The third-order valence-corrected chi connectivity index (χ3v) is 5.11. The molecule has 0 radical (unpaired) electrons. The van der Waals surface area contributed by atoms with Crippen molar-refractivity contribution in [2.75, 3.05) is 32.7 Å². The van der Waals surface area contributed by atoms with Crippen LogP contribution in [0.3, 0.4) is 0 Å². The van der Waals surface area contributed by atoms with E-state index in [4.69, 9.17) is 0 Å². The van der Waals surface area contributed by atoms with Crippen molar-refractivity contribution >= 4 is 17.2 Å². The van der Waals surface area contributed by atoms with Crippen LogP contribution < -0.4 is 0 Å². The van der Waals surface area contributed by atoms with Gasteiger partial charge in [0, 0.05) is 45.1 Å². The number of piperazine rings is 1. The quantitative estimate of drug-likeness (QED) is 0.873. The minimum absolute atomic E-state index is 0.0123. The molecule has 8 heteroatoms. The molecular weight excluding hydrogens is 326 g/mol. The van der Waals surface area contributed by atoms with Crippen molar-refractivity contribution in [2.24, 2.45) is 0 Å². The summed E-state index contributed by atoms with van der Waals surface area (Å²) >= 11 is 1.34. The standard InChI is InChI=1S/C16H21N5O2S/c1-2-12(22)11-20-5-7-21(8-6-20)16(23)14-10-19-15(24-14)13-9-17-3-4-18-13/h3-4,9-10,12,22H,2,5-8,11H2,1H3/t12-/m0/s1. The molecule has 1 fully saturated rings. The van der Waals surface area contributed by atoms with Gasteiger partial charge in [-0.2, -0.15) is 0 Å². The van der Waals surface area contributed by atoms with E-state index in [-0.39, 0.29) is 12.0 Å². The summed E-state index contributed by atoms with van der Waals surface area (Å²) in [5.41, 5.74) is 0.680. The van der Waals surface area contributed by atoms with E-state index in [1.807, 2.05) is 11.8 Å². The average Bonchev–Trinajstić information content (AvgIpc) is 3.12. The maximum Gasteiger partial charge on any atom is 0.265 e. The van der Waals surface area contributed by atoms with Gasteiger partial charge in [0.15, 0.2) is 0 Å². The van der Waals surface area contributed by atoms with E-state index >= 15 is 0 Å². The molecule has 128 valence electrons. The molecular formula is C16H21N5O2S. The van der Waals surface area contributed by atoms with E-state index in [1.165, 1.54) is 11.3 Å². The van der Waals surface area contributed by atoms with E-state index in [9.17, 15) is 9.90 Å². The van der Waals surface area contributed by atoms with Gasteiger partial charge in [-0.25, -0.2) is 4.98 Å². The maximum absolute atomic E-state index is 12.6. The lowest BCUT2D eigenvalue weighted by molar-refractivity contribution is 0.0527. The minimum atomic E-state index is -0.289. The molecule has 0 unspecified atom stereocenters. The van der Waals surface area contributed by atoms with Gasteiger partial charge >= 0.3 is 0 Å². The summed E-state index contributed by atoms with van der Waals surface area (Å²) in [7, 11) is 0. The molecule has 2 aromatic heterocycles. The highest BCUT2D eigenvalue weighted by Crippen LogP contribution is 2.24. The Bertz CT molecular complexity index is 670. The van der Waals surface area contributed by atoms with Gasteiger partial charge in [0.1, 0.15) is 15.6 Å². The summed E-state index contributed by atoms with van der Waals surface area (Å²) in [5, 5.41) is 10.4. The molecule has 0 aliphatic carbocycles. The first kappa shape index (κ1) is 16.9. The second-order valence-electron chi connectivity index (χ2n) is 5.78. The molecule has 0 spiro atoms. The predicted octanol–water partition coefficient (Wildman–Crippen LogP) is 1.13. The van der Waals surface area contributed by atoms with E-state index in [2.05, 4.69) is 19.9 Å². The van der Waals surface area contributed by atoms with Gasteiger partial charge in [0.05, 0.1) is 18.5 Å². The van der Waals surface area contributed by atoms with Crippen LogP contribution in [0.25, 0.3) is 10.7 Å². The van der Waals surface area contributed by atoms with Gasteiger partial charge in [0.25, 0.3) is 5.91 Å². The summed E-state index contributed by atoms with van der Waals surface area (Å²) in [6, 6.07) is 0. The van der Waals surface area contributed by atoms with Crippen molar-refractivity contribution in [1.29, 1.82) is 0 Å². The summed E-state index contributed by atoms with van der Waals surface area (Å²) in [6.45, 7) is 5.58. The minimum Gasteiger partial charge on any atom is -0.392 e. The monoisotopic (exact) mass is 347 g/mol. The van der Waals surface area contributed by atoms with Gasteiger partial charge in [-0.05, 0) is 6.42 Å². The van der Waals surface area contributed by atoms with Crippen molar-refractivity contribution in [3.05, 3.63) is 29.7 Å². The van der Waals surface area contributed by atoms with Crippen LogP contribution in [0, 0.1) is 0 Å². The first-order valence-electron chi connectivity index (χ1n) is 8.09. The number of aliphatic hydroxyl groups is 1. The van der Waals surface area contributed by atoms with E-state index in [0.717, 1.165) is 19.5 Å². The Morgan fingerprint density at radius 2 is 2.04 bits per heavy atom. The average molecular weight is 347 g/mol. The fourth-order valence-corrected chi connectivity index (χ4v) is 3.46. The molecule has 3 heterocycles. The highest BCUT2D eigenvalue weighted by Gasteiger charge is 2.24. The van der Waals surface area contributed by atoms with Crippen LogP contribution in [0.1, 0.15) is 23.0 Å². The van der Waals surface area contributed by atoms with E-state index in [1.54, 1.807) is 24.8 Å². The fraction of sp³-hybridized carbons (Fsp3) is 0.500. The van der Waals surface area contributed by atoms with Gasteiger partial charge < -0.3 is 10.0 Å². The maximum atomic E-state index is 12.6. The molecule has 1 aliphatic heterocycles. The Hall–Kier alpha value is -1.90. The van der Waals surface area contributed by atoms with Crippen molar-refractivity contribution < 1.29 is 9.90 Å². The number of aromatic nitrogens is 3. The number of amides is 1. The SMILES string of the molecule is CC[C@H](O)CN1CCN(C(=O)c2cnc(-c3cnccn3)s2)CC1. The van der Waals surface area contributed by atoms with Crippen LogP contribution in [0.4, 0.5) is 0 Å². The zero-order valence-electron chi connectivity index (χ0n) is 13.6. The molecule has 1 amide bonds. The van der Waals surface area contributed by atoms with Crippen molar-refractivity contribution in [3.63, 3.8) is 0 Å². The summed E-state index contributed by atoms with van der Waals surface area (Å²) < 4.78 is 0. The molecule has 24 heavy (non-hydrogen) atoms. The lowest BCUT2D eigenvalue weighted by Crippen LogP contribution is -2.50. The number of hydrogen-bond acceptors (Lipinski definition) is 7. The number of carbonyl (C=O) groups excluding carboxylic acids is 1. The smallest absolute Gasteiger partial charge is 0.265 e. The number of aliphatic hydroxyl groups excluding tert-OH is 1. The normalized spacial score (nSPS) is 17.0. The van der Waals surface area contributed by atoms with Gasteiger partial charge in [-0.15, -0.1) is 11.3 Å². The first-order valence-corrected chi connectivity index (χ1v) is 8.91. The fourth-order valence-electron chi connectivity index (χ4n) is 2.62. The second kappa shape index (κ2) is 7.78. The second-order valence-corrected chi connectivity index (χ2v) is 6.81. The molecule has 0 bridgehead atoms. The van der Waals surface area contributed by atoms with Crippen molar-refractivity contribution in [3.8, 4) is 10.7 Å². The number of β-amino-alcohol motifs (C(OH)–C–C–N with tert-alkyl or cyclic N) is 1. The molecule has 0 aromatic carbocycles. The molecule has 7 nitrogen and oxygen atoms in total. The third kappa shape index (κ3) is 3.95. The lowest BCUT2D eigenvalue weighted by Gasteiger charge is -2.35. The summed E-state index contributed by atoms with van der Waals surface area (Å²) in [5.74, 6) is 0.0123.